The Hall–Kier alpha value is -0.590. The van der Waals surface area contributed by atoms with Gasteiger partial charge in [-0.05, 0) is 52.3 Å². The molecule has 0 atom stereocenters. The van der Waals surface area contributed by atoms with Gasteiger partial charge in [0.15, 0.2) is 0 Å². The van der Waals surface area contributed by atoms with Crippen LogP contribution in [0.4, 0.5) is 0 Å². The van der Waals surface area contributed by atoms with Crippen LogP contribution >= 0.6 is 22.6 Å². The normalized spacial score (nSPS) is 12.2. The zero-order chi connectivity index (χ0) is 12.0. The first kappa shape index (κ1) is 13.5. The van der Waals surface area contributed by atoms with Gasteiger partial charge in [0.2, 0.25) is 0 Å². The third-order valence-corrected chi connectivity index (χ3v) is 3.39. The van der Waals surface area contributed by atoms with Crippen LogP contribution in [-0.2, 0) is 6.42 Å². The van der Waals surface area contributed by atoms with Gasteiger partial charge < -0.3 is 14.9 Å². The Morgan fingerprint density at radius 1 is 1.19 bits per heavy atom. The van der Waals surface area contributed by atoms with E-state index in [2.05, 4.69) is 22.6 Å². The van der Waals surface area contributed by atoms with Gasteiger partial charge in [0, 0.05) is 3.58 Å². The molecule has 2 N–H and O–H groups in total. The minimum atomic E-state index is -0.0230. The van der Waals surface area contributed by atoms with Crippen LogP contribution in [0.15, 0.2) is 33.4 Å². The summed E-state index contributed by atoms with van der Waals surface area (Å²) in [7, 11) is 1.63. The number of benzene rings is 1. The topological polar surface area (TPSA) is 49.7 Å². The highest BCUT2D eigenvalue weighted by Gasteiger charge is 2.04. The third kappa shape index (κ3) is 3.77. The van der Waals surface area contributed by atoms with E-state index in [-0.39, 0.29) is 13.2 Å². The summed E-state index contributed by atoms with van der Waals surface area (Å²) in [5.74, 6) is 0.815. The molecule has 0 unspecified atom stereocenters. The highest BCUT2D eigenvalue weighted by molar-refractivity contribution is 14.1. The van der Waals surface area contributed by atoms with E-state index in [0.29, 0.717) is 6.42 Å². The highest BCUT2D eigenvalue weighted by Crippen LogP contribution is 2.18. The summed E-state index contributed by atoms with van der Waals surface area (Å²) in [6.07, 6.45) is 0.652. The number of hydrogen-bond acceptors (Lipinski definition) is 3. The molecule has 0 bridgehead atoms. The number of halogens is 1. The van der Waals surface area contributed by atoms with Gasteiger partial charge in [0.1, 0.15) is 5.75 Å². The lowest BCUT2D eigenvalue weighted by molar-refractivity contribution is 0.316. The molecule has 16 heavy (non-hydrogen) atoms. The van der Waals surface area contributed by atoms with Gasteiger partial charge in [-0.15, -0.1) is 0 Å². The van der Waals surface area contributed by atoms with Gasteiger partial charge in [-0.1, -0.05) is 12.1 Å². The van der Waals surface area contributed by atoms with Gasteiger partial charge in [-0.2, -0.15) is 0 Å². The molecule has 0 amide bonds. The third-order valence-electron chi connectivity index (χ3n) is 2.29. The van der Waals surface area contributed by atoms with Crippen LogP contribution in [0.3, 0.4) is 0 Å². The second-order valence-electron chi connectivity index (χ2n) is 3.35. The second kappa shape index (κ2) is 6.88. The summed E-state index contributed by atoms with van der Waals surface area (Å²) < 4.78 is 5.87. The summed E-state index contributed by atoms with van der Waals surface area (Å²) in [6.45, 7) is -0.0442. The van der Waals surface area contributed by atoms with E-state index < -0.39 is 0 Å². The van der Waals surface area contributed by atoms with E-state index in [4.69, 9.17) is 9.84 Å². The van der Waals surface area contributed by atoms with Crippen LogP contribution in [0.5, 0.6) is 5.75 Å². The first-order valence-electron chi connectivity index (χ1n) is 4.92. The maximum Gasteiger partial charge on any atom is 0.118 e. The van der Waals surface area contributed by atoms with Crippen LogP contribution in [0.1, 0.15) is 5.56 Å². The quantitative estimate of drug-likeness (QED) is 0.809. The fourth-order valence-electron chi connectivity index (χ4n) is 1.34. The Bertz CT molecular complexity index is 357. The minimum absolute atomic E-state index is 0.0212. The molecule has 0 spiro atoms. The molecule has 0 aromatic heterocycles. The average molecular weight is 334 g/mol. The van der Waals surface area contributed by atoms with Crippen LogP contribution in [0.2, 0.25) is 0 Å². The van der Waals surface area contributed by atoms with E-state index >= 15 is 0 Å². The largest absolute Gasteiger partial charge is 0.497 e. The average Bonchev–Trinajstić information content (AvgIpc) is 2.35. The predicted octanol–water partition coefficient (Wildman–Crippen LogP) is 1.91. The van der Waals surface area contributed by atoms with Gasteiger partial charge in [0.25, 0.3) is 0 Å². The van der Waals surface area contributed by atoms with Crippen molar-refractivity contribution in [2.24, 2.45) is 0 Å². The number of hydrogen-bond donors (Lipinski definition) is 2. The molecular formula is C12H15IO3. The molecule has 4 heteroatoms. The summed E-state index contributed by atoms with van der Waals surface area (Å²) in [5.41, 5.74) is 1.95. The lowest BCUT2D eigenvalue weighted by Gasteiger charge is -2.08. The van der Waals surface area contributed by atoms with Crippen LogP contribution in [0, 0.1) is 0 Å². The minimum Gasteiger partial charge on any atom is -0.497 e. The van der Waals surface area contributed by atoms with Crippen molar-refractivity contribution < 1.29 is 14.9 Å². The number of aliphatic hydroxyl groups is 2. The maximum absolute atomic E-state index is 9.19. The Morgan fingerprint density at radius 3 is 2.25 bits per heavy atom. The molecule has 0 aliphatic carbocycles. The van der Waals surface area contributed by atoms with Gasteiger partial charge in [-0.25, -0.2) is 0 Å². The van der Waals surface area contributed by atoms with Gasteiger partial charge in [0.05, 0.1) is 20.3 Å². The molecule has 1 rings (SSSR count). The zero-order valence-corrected chi connectivity index (χ0v) is 11.3. The van der Waals surface area contributed by atoms with Crippen molar-refractivity contribution in [1.29, 1.82) is 0 Å². The van der Waals surface area contributed by atoms with Crippen molar-refractivity contribution in [2.45, 2.75) is 6.42 Å². The lowest BCUT2D eigenvalue weighted by Crippen LogP contribution is -2.00. The lowest BCUT2D eigenvalue weighted by atomic mass is 10.1. The number of aliphatic hydroxyl groups excluding tert-OH is 2. The molecule has 1 aromatic rings. The maximum atomic E-state index is 9.19. The monoisotopic (exact) mass is 334 g/mol. The number of rotatable bonds is 5. The molecule has 0 saturated carbocycles. The molecular weight excluding hydrogens is 319 g/mol. The number of methoxy groups -OCH3 is 1. The Balaban J connectivity index is 2.79. The summed E-state index contributed by atoms with van der Waals surface area (Å²) in [4.78, 5) is 0. The Morgan fingerprint density at radius 2 is 1.81 bits per heavy atom. The van der Waals surface area contributed by atoms with E-state index in [1.165, 1.54) is 0 Å². The van der Waals surface area contributed by atoms with Crippen molar-refractivity contribution in [1.82, 2.24) is 0 Å². The smallest absolute Gasteiger partial charge is 0.118 e. The van der Waals surface area contributed by atoms with Crippen LogP contribution < -0.4 is 4.74 Å². The van der Waals surface area contributed by atoms with Crippen molar-refractivity contribution in [3.8, 4) is 5.75 Å². The van der Waals surface area contributed by atoms with Crippen molar-refractivity contribution in [3.05, 3.63) is 39.0 Å². The summed E-state index contributed by atoms with van der Waals surface area (Å²) in [5, 5.41) is 18.2. The summed E-state index contributed by atoms with van der Waals surface area (Å²) in [6, 6.07) is 7.68. The van der Waals surface area contributed by atoms with Crippen LogP contribution in [-0.4, -0.2) is 30.5 Å². The molecule has 0 saturated heterocycles. The first-order valence-corrected chi connectivity index (χ1v) is 6.00. The molecule has 0 fully saturated rings. The fraction of sp³-hybridized carbons (Fsp3) is 0.333. The molecule has 1 aromatic carbocycles. The summed E-state index contributed by atoms with van der Waals surface area (Å²) >= 11 is 2.05. The van der Waals surface area contributed by atoms with E-state index in [1.54, 1.807) is 7.11 Å². The van der Waals surface area contributed by atoms with E-state index in [9.17, 15) is 5.11 Å². The standard InChI is InChI=1S/C12H15IO3/c1-16-11-4-2-9(3-5-11)6-10(7-14)12(13)8-15/h2-5,14-15H,6-8H2,1H3. The van der Waals surface area contributed by atoms with Crippen molar-refractivity contribution >= 4 is 22.6 Å². The SMILES string of the molecule is COc1ccc(CC(CO)=C(I)CO)cc1. The first-order chi connectivity index (χ1) is 7.71. The van der Waals surface area contributed by atoms with E-state index in [1.807, 2.05) is 24.3 Å². The van der Waals surface area contributed by atoms with Crippen molar-refractivity contribution in [3.63, 3.8) is 0 Å². The van der Waals surface area contributed by atoms with Gasteiger partial charge in [-0.3, -0.25) is 0 Å². The van der Waals surface area contributed by atoms with Crippen molar-refractivity contribution in [2.75, 3.05) is 20.3 Å². The molecule has 0 aliphatic rings. The second-order valence-corrected chi connectivity index (χ2v) is 4.65. The fourth-order valence-corrected chi connectivity index (χ4v) is 1.70. The van der Waals surface area contributed by atoms with E-state index in [0.717, 1.165) is 20.5 Å². The molecule has 88 valence electrons. The van der Waals surface area contributed by atoms with Crippen LogP contribution in [0.25, 0.3) is 0 Å². The highest BCUT2D eigenvalue weighted by atomic mass is 127. The van der Waals surface area contributed by atoms with Gasteiger partial charge >= 0.3 is 0 Å². The Kier molecular flexibility index (Phi) is 5.79. The molecule has 0 aliphatic heterocycles. The molecule has 0 heterocycles. The zero-order valence-electron chi connectivity index (χ0n) is 9.11. The predicted molar refractivity (Wildman–Crippen MR) is 71.9 cm³/mol. The molecule has 3 nitrogen and oxygen atoms in total. The Labute approximate surface area is 109 Å². The number of ether oxygens (including phenoxy) is 1. The molecule has 0 radical (unpaired) electrons.